The first-order valence-electron chi connectivity index (χ1n) is 6.35. The standard InChI is InChI=1S/C16H22O/c1-12-5-6-13-7-8-15(10-14(13)9-12)17-11-16(2,3)4/h7-8,10H,1,5-6,9,11H2,2-4H3. The van der Waals surface area contributed by atoms with E-state index in [9.17, 15) is 0 Å². The average Bonchev–Trinajstić information content (AvgIpc) is 2.24. The molecule has 0 aliphatic heterocycles. The molecular weight excluding hydrogens is 208 g/mol. The van der Waals surface area contributed by atoms with Crippen LogP contribution in [0.4, 0.5) is 0 Å². The number of hydrogen-bond acceptors (Lipinski definition) is 1. The molecule has 2 rings (SSSR count). The van der Waals surface area contributed by atoms with E-state index in [4.69, 9.17) is 4.74 Å². The molecule has 0 radical (unpaired) electrons. The maximum absolute atomic E-state index is 5.84. The normalized spacial score (nSPS) is 15.6. The number of fused-ring (bicyclic) bond motifs is 1. The summed E-state index contributed by atoms with van der Waals surface area (Å²) in [6, 6.07) is 6.49. The molecule has 0 unspecified atom stereocenters. The fourth-order valence-electron chi connectivity index (χ4n) is 2.07. The highest BCUT2D eigenvalue weighted by molar-refractivity contribution is 5.40. The van der Waals surface area contributed by atoms with Crippen molar-refractivity contribution in [2.24, 2.45) is 5.41 Å². The van der Waals surface area contributed by atoms with E-state index in [1.165, 1.54) is 16.7 Å². The Morgan fingerprint density at radius 2 is 1.94 bits per heavy atom. The molecule has 1 aliphatic rings. The van der Waals surface area contributed by atoms with Gasteiger partial charge in [-0.1, -0.05) is 39.0 Å². The van der Waals surface area contributed by atoms with Gasteiger partial charge in [0.05, 0.1) is 6.61 Å². The third-order valence-corrected chi connectivity index (χ3v) is 3.04. The van der Waals surface area contributed by atoms with Gasteiger partial charge in [0.15, 0.2) is 0 Å². The Hall–Kier alpha value is -1.24. The van der Waals surface area contributed by atoms with Crippen LogP contribution in [0.1, 0.15) is 38.3 Å². The molecule has 17 heavy (non-hydrogen) atoms. The minimum absolute atomic E-state index is 0.208. The summed E-state index contributed by atoms with van der Waals surface area (Å²) in [4.78, 5) is 0. The second-order valence-electron chi connectivity index (χ2n) is 6.21. The molecule has 0 fully saturated rings. The maximum atomic E-state index is 5.84. The smallest absolute Gasteiger partial charge is 0.119 e. The van der Waals surface area contributed by atoms with Crippen LogP contribution in [0.15, 0.2) is 30.4 Å². The van der Waals surface area contributed by atoms with Crippen LogP contribution in [0.2, 0.25) is 0 Å². The van der Waals surface area contributed by atoms with Crippen LogP contribution in [0.3, 0.4) is 0 Å². The number of allylic oxidation sites excluding steroid dienone is 1. The topological polar surface area (TPSA) is 9.23 Å². The molecule has 0 amide bonds. The van der Waals surface area contributed by atoms with Crippen molar-refractivity contribution in [2.75, 3.05) is 6.61 Å². The minimum atomic E-state index is 0.208. The van der Waals surface area contributed by atoms with Crippen molar-refractivity contribution >= 4 is 0 Å². The third kappa shape index (κ3) is 3.36. The van der Waals surface area contributed by atoms with Crippen molar-refractivity contribution < 1.29 is 4.74 Å². The van der Waals surface area contributed by atoms with E-state index in [-0.39, 0.29) is 5.41 Å². The van der Waals surface area contributed by atoms with E-state index in [0.29, 0.717) is 0 Å². The number of hydrogen-bond donors (Lipinski definition) is 0. The quantitative estimate of drug-likeness (QED) is 0.693. The minimum Gasteiger partial charge on any atom is -0.493 e. The summed E-state index contributed by atoms with van der Waals surface area (Å²) in [5, 5.41) is 0. The Kier molecular flexibility index (Phi) is 3.28. The summed E-state index contributed by atoms with van der Waals surface area (Å²) in [5.74, 6) is 0.994. The van der Waals surface area contributed by atoms with Crippen molar-refractivity contribution in [2.45, 2.75) is 40.0 Å². The Morgan fingerprint density at radius 3 is 2.65 bits per heavy atom. The molecule has 0 N–H and O–H groups in total. The van der Waals surface area contributed by atoms with Crippen LogP contribution in [-0.4, -0.2) is 6.61 Å². The number of benzene rings is 1. The second-order valence-corrected chi connectivity index (χ2v) is 6.21. The number of ether oxygens (including phenoxy) is 1. The molecule has 1 aliphatic carbocycles. The first-order chi connectivity index (χ1) is 7.94. The van der Waals surface area contributed by atoms with Gasteiger partial charge in [-0.15, -0.1) is 0 Å². The van der Waals surface area contributed by atoms with Gasteiger partial charge < -0.3 is 4.74 Å². The first-order valence-corrected chi connectivity index (χ1v) is 6.35. The van der Waals surface area contributed by atoms with Crippen LogP contribution in [0.5, 0.6) is 5.75 Å². The van der Waals surface area contributed by atoms with E-state index >= 15 is 0 Å². The van der Waals surface area contributed by atoms with Gasteiger partial charge in [0.1, 0.15) is 5.75 Å². The maximum Gasteiger partial charge on any atom is 0.119 e. The Bertz CT molecular complexity index is 424. The van der Waals surface area contributed by atoms with Crippen LogP contribution >= 0.6 is 0 Å². The van der Waals surface area contributed by atoms with Crippen LogP contribution in [0, 0.1) is 5.41 Å². The number of aryl methyl sites for hydroxylation is 1. The molecule has 1 heteroatoms. The lowest BCUT2D eigenvalue weighted by molar-refractivity contribution is 0.197. The largest absolute Gasteiger partial charge is 0.493 e. The highest BCUT2D eigenvalue weighted by atomic mass is 16.5. The van der Waals surface area contributed by atoms with Gasteiger partial charge in [0.25, 0.3) is 0 Å². The van der Waals surface area contributed by atoms with Crippen molar-refractivity contribution in [1.82, 2.24) is 0 Å². The summed E-state index contributed by atoms with van der Waals surface area (Å²) in [6.45, 7) is 11.4. The lowest BCUT2D eigenvalue weighted by Gasteiger charge is -2.21. The second kappa shape index (κ2) is 4.56. The van der Waals surface area contributed by atoms with E-state index in [1.807, 2.05) is 0 Å². The zero-order valence-electron chi connectivity index (χ0n) is 11.2. The monoisotopic (exact) mass is 230 g/mol. The first kappa shape index (κ1) is 12.2. The van der Waals surface area contributed by atoms with Gasteiger partial charge in [0.2, 0.25) is 0 Å². The molecule has 0 atom stereocenters. The third-order valence-electron chi connectivity index (χ3n) is 3.04. The summed E-state index contributed by atoms with van der Waals surface area (Å²) >= 11 is 0. The molecule has 0 spiro atoms. The van der Waals surface area contributed by atoms with Crippen LogP contribution in [0.25, 0.3) is 0 Å². The molecular formula is C16H22O. The van der Waals surface area contributed by atoms with Gasteiger partial charge in [-0.2, -0.15) is 0 Å². The predicted octanol–water partition coefficient (Wildman–Crippen LogP) is 4.16. The molecule has 0 saturated carbocycles. The van der Waals surface area contributed by atoms with E-state index in [1.54, 1.807) is 0 Å². The van der Waals surface area contributed by atoms with Gasteiger partial charge >= 0.3 is 0 Å². The fourth-order valence-corrected chi connectivity index (χ4v) is 2.07. The Morgan fingerprint density at radius 1 is 1.18 bits per heavy atom. The average molecular weight is 230 g/mol. The molecule has 92 valence electrons. The van der Waals surface area contributed by atoms with Gasteiger partial charge in [-0.05, 0) is 47.9 Å². The summed E-state index contributed by atoms with van der Waals surface area (Å²) in [5.41, 5.74) is 4.40. The zero-order chi connectivity index (χ0) is 12.5. The van der Waals surface area contributed by atoms with Gasteiger partial charge in [-0.25, -0.2) is 0 Å². The van der Waals surface area contributed by atoms with Crippen LogP contribution in [-0.2, 0) is 12.8 Å². The van der Waals surface area contributed by atoms with Crippen molar-refractivity contribution in [3.05, 3.63) is 41.5 Å². The SMILES string of the molecule is C=C1CCc2ccc(OCC(C)(C)C)cc2C1. The Balaban J connectivity index is 2.10. The predicted molar refractivity (Wildman–Crippen MR) is 72.6 cm³/mol. The van der Waals surface area contributed by atoms with Gasteiger partial charge in [-0.3, -0.25) is 0 Å². The molecule has 1 aromatic carbocycles. The summed E-state index contributed by atoms with van der Waals surface area (Å²) in [6.07, 6.45) is 3.28. The highest BCUT2D eigenvalue weighted by Gasteiger charge is 2.14. The van der Waals surface area contributed by atoms with Crippen LogP contribution < -0.4 is 4.74 Å². The molecule has 0 bridgehead atoms. The van der Waals surface area contributed by atoms with Gasteiger partial charge in [0, 0.05) is 0 Å². The lowest BCUT2D eigenvalue weighted by Crippen LogP contribution is -2.17. The molecule has 1 nitrogen and oxygen atoms in total. The van der Waals surface area contributed by atoms with Crippen molar-refractivity contribution in [3.8, 4) is 5.75 Å². The molecule has 0 aromatic heterocycles. The summed E-state index contributed by atoms with van der Waals surface area (Å²) < 4.78 is 5.84. The van der Waals surface area contributed by atoms with Crippen molar-refractivity contribution in [1.29, 1.82) is 0 Å². The summed E-state index contributed by atoms with van der Waals surface area (Å²) in [7, 11) is 0. The molecule has 0 heterocycles. The lowest BCUT2D eigenvalue weighted by atomic mass is 9.89. The zero-order valence-corrected chi connectivity index (χ0v) is 11.2. The highest BCUT2D eigenvalue weighted by Crippen LogP contribution is 2.28. The van der Waals surface area contributed by atoms with E-state index in [0.717, 1.165) is 31.6 Å². The number of rotatable bonds is 2. The molecule has 0 saturated heterocycles. The van der Waals surface area contributed by atoms with Crippen molar-refractivity contribution in [3.63, 3.8) is 0 Å². The molecule has 1 aromatic rings. The Labute approximate surface area is 104 Å². The van der Waals surface area contributed by atoms with E-state index in [2.05, 4.69) is 45.5 Å². The van der Waals surface area contributed by atoms with E-state index < -0.39 is 0 Å². The fraction of sp³-hybridized carbons (Fsp3) is 0.500.